The Morgan fingerprint density at radius 1 is 0.893 bits per heavy atom. The molecular weight excluding hydrogens is 370 g/mol. The summed E-state index contributed by atoms with van der Waals surface area (Å²) in [5.41, 5.74) is 1.68. The van der Waals surface area contributed by atoms with Gasteiger partial charge in [0.05, 0.1) is 17.9 Å². The first-order valence-electron chi connectivity index (χ1n) is 9.02. The van der Waals surface area contributed by atoms with Gasteiger partial charge in [-0.15, -0.1) is 11.8 Å². The van der Waals surface area contributed by atoms with Crippen LogP contribution in [-0.4, -0.2) is 18.5 Å². The first-order chi connectivity index (χ1) is 13.7. The fraction of sp³-hybridized carbons (Fsp3) is 0.130. The molecule has 0 aliphatic heterocycles. The van der Waals surface area contributed by atoms with Crippen LogP contribution < -0.4 is 5.32 Å². The van der Waals surface area contributed by atoms with E-state index in [-0.39, 0.29) is 12.5 Å². The SMILES string of the molecule is CCOC(=O)c1ccccc1NC(=O)[C@H](Sc1ccccc1)c1ccccc1. The predicted molar refractivity (Wildman–Crippen MR) is 113 cm³/mol. The third-order valence-electron chi connectivity index (χ3n) is 4.02. The Bertz CT molecular complexity index is 929. The molecular formula is C23H21NO3S. The van der Waals surface area contributed by atoms with Crippen LogP contribution in [0.2, 0.25) is 0 Å². The second-order valence-corrected chi connectivity index (χ2v) is 7.16. The maximum absolute atomic E-state index is 13.2. The predicted octanol–water partition coefficient (Wildman–Crippen LogP) is 5.34. The fourth-order valence-corrected chi connectivity index (χ4v) is 3.76. The Labute approximate surface area is 168 Å². The molecule has 4 nitrogen and oxygen atoms in total. The molecule has 0 aromatic heterocycles. The Balaban J connectivity index is 1.87. The lowest BCUT2D eigenvalue weighted by atomic mass is 10.1. The summed E-state index contributed by atoms with van der Waals surface area (Å²) >= 11 is 1.47. The third-order valence-corrected chi connectivity index (χ3v) is 5.28. The van der Waals surface area contributed by atoms with Crippen LogP contribution in [0.25, 0.3) is 0 Å². The van der Waals surface area contributed by atoms with Gasteiger partial charge in [-0.3, -0.25) is 4.79 Å². The fourth-order valence-electron chi connectivity index (χ4n) is 2.71. The number of rotatable bonds is 7. The minimum absolute atomic E-state index is 0.197. The second kappa shape index (κ2) is 9.76. The highest BCUT2D eigenvalue weighted by Crippen LogP contribution is 2.36. The quantitative estimate of drug-likeness (QED) is 0.437. The van der Waals surface area contributed by atoms with Crippen molar-refractivity contribution in [3.05, 3.63) is 96.1 Å². The topological polar surface area (TPSA) is 55.4 Å². The van der Waals surface area contributed by atoms with Gasteiger partial charge in [0, 0.05) is 4.90 Å². The van der Waals surface area contributed by atoms with Gasteiger partial charge in [0.15, 0.2) is 0 Å². The molecule has 5 heteroatoms. The minimum Gasteiger partial charge on any atom is -0.462 e. The van der Waals surface area contributed by atoms with Crippen molar-refractivity contribution in [3.8, 4) is 0 Å². The highest BCUT2D eigenvalue weighted by Gasteiger charge is 2.24. The van der Waals surface area contributed by atoms with E-state index in [1.54, 1.807) is 31.2 Å². The van der Waals surface area contributed by atoms with E-state index >= 15 is 0 Å². The highest BCUT2D eigenvalue weighted by molar-refractivity contribution is 8.00. The largest absolute Gasteiger partial charge is 0.462 e. The van der Waals surface area contributed by atoms with E-state index in [2.05, 4.69) is 5.32 Å². The monoisotopic (exact) mass is 391 g/mol. The van der Waals surface area contributed by atoms with Gasteiger partial charge in [-0.2, -0.15) is 0 Å². The number of para-hydroxylation sites is 1. The van der Waals surface area contributed by atoms with E-state index in [9.17, 15) is 9.59 Å². The molecule has 1 amide bonds. The lowest BCUT2D eigenvalue weighted by molar-refractivity contribution is -0.115. The van der Waals surface area contributed by atoms with E-state index < -0.39 is 11.2 Å². The number of nitrogens with one attached hydrogen (secondary N) is 1. The average Bonchev–Trinajstić information content (AvgIpc) is 2.74. The van der Waals surface area contributed by atoms with Gasteiger partial charge < -0.3 is 10.1 Å². The zero-order valence-electron chi connectivity index (χ0n) is 15.5. The molecule has 0 bridgehead atoms. The Kier molecular flexibility index (Phi) is 6.87. The maximum atomic E-state index is 13.2. The van der Waals surface area contributed by atoms with Crippen molar-refractivity contribution in [2.24, 2.45) is 0 Å². The lowest BCUT2D eigenvalue weighted by Gasteiger charge is -2.18. The Hall–Kier alpha value is -3.05. The number of esters is 1. The van der Waals surface area contributed by atoms with Crippen molar-refractivity contribution in [2.45, 2.75) is 17.1 Å². The van der Waals surface area contributed by atoms with Gasteiger partial charge >= 0.3 is 5.97 Å². The van der Waals surface area contributed by atoms with Crippen molar-refractivity contribution in [3.63, 3.8) is 0 Å². The van der Waals surface area contributed by atoms with Crippen LogP contribution in [0.3, 0.4) is 0 Å². The molecule has 0 spiro atoms. The van der Waals surface area contributed by atoms with Crippen LogP contribution in [0, 0.1) is 0 Å². The number of anilines is 1. The molecule has 0 fully saturated rings. The molecule has 0 heterocycles. The molecule has 0 saturated heterocycles. The van der Waals surface area contributed by atoms with Gasteiger partial charge in [0.1, 0.15) is 5.25 Å². The number of ether oxygens (including phenoxy) is 1. The van der Waals surface area contributed by atoms with E-state index in [1.807, 2.05) is 60.7 Å². The molecule has 0 unspecified atom stereocenters. The molecule has 0 radical (unpaired) electrons. The van der Waals surface area contributed by atoms with E-state index in [4.69, 9.17) is 4.74 Å². The van der Waals surface area contributed by atoms with Crippen LogP contribution in [0.15, 0.2) is 89.8 Å². The van der Waals surface area contributed by atoms with Crippen LogP contribution in [0.5, 0.6) is 0 Å². The molecule has 3 aromatic rings. The van der Waals surface area contributed by atoms with E-state index in [0.29, 0.717) is 11.3 Å². The average molecular weight is 391 g/mol. The first-order valence-corrected chi connectivity index (χ1v) is 9.90. The maximum Gasteiger partial charge on any atom is 0.340 e. The zero-order valence-corrected chi connectivity index (χ0v) is 16.3. The standard InChI is InChI=1S/C23H21NO3S/c1-2-27-23(26)19-15-9-10-16-20(19)24-22(25)21(17-11-5-3-6-12-17)28-18-13-7-4-8-14-18/h3-16,21H,2H2,1H3,(H,24,25)/t21-/m1/s1. The molecule has 1 N–H and O–H groups in total. The number of carbonyl (C=O) groups excluding carboxylic acids is 2. The summed E-state index contributed by atoms with van der Waals surface area (Å²) in [4.78, 5) is 26.4. The molecule has 0 saturated carbocycles. The van der Waals surface area contributed by atoms with Crippen molar-refractivity contribution in [2.75, 3.05) is 11.9 Å². The minimum atomic E-state index is -0.459. The number of hydrogen-bond acceptors (Lipinski definition) is 4. The molecule has 3 aromatic carbocycles. The zero-order chi connectivity index (χ0) is 19.8. The summed E-state index contributed by atoms with van der Waals surface area (Å²) in [7, 11) is 0. The molecule has 0 aliphatic carbocycles. The summed E-state index contributed by atoms with van der Waals surface area (Å²) in [6.07, 6.45) is 0. The summed E-state index contributed by atoms with van der Waals surface area (Å²) in [6.45, 7) is 2.03. The van der Waals surface area contributed by atoms with Crippen LogP contribution in [0.4, 0.5) is 5.69 Å². The Morgan fingerprint density at radius 3 is 2.18 bits per heavy atom. The van der Waals surface area contributed by atoms with Crippen LogP contribution >= 0.6 is 11.8 Å². The lowest BCUT2D eigenvalue weighted by Crippen LogP contribution is -2.21. The van der Waals surface area contributed by atoms with Crippen molar-refractivity contribution in [1.29, 1.82) is 0 Å². The summed E-state index contributed by atoms with van der Waals surface area (Å²) in [5.74, 6) is -0.651. The first kappa shape index (κ1) is 19.7. The molecule has 1 atom stereocenters. The number of amides is 1. The number of benzene rings is 3. The van der Waals surface area contributed by atoms with Crippen LogP contribution in [0.1, 0.15) is 28.1 Å². The number of hydrogen-bond donors (Lipinski definition) is 1. The van der Waals surface area contributed by atoms with Gasteiger partial charge in [-0.25, -0.2) is 4.79 Å². The summed E-state index contributed by atoms with van der Waals surface area (Å²) < 4.78 is 5.10. The van der Waals surface area contributed by atoms with Gasteiger partial charge in [-0.05, 0) is 36.8 Å². The van der Waals surface area contributed by atoms with Crippen molar-refractivity contribution >= 4 is 29.3 Å². The summed E-state index contributed by atoms with van der Waals surface area (Å²) in [6, 6.07) is 26.2. The smallest absolute Gasteiger partial charge is 0.340 e. The van der Waals surface area contributed by atoms with Crippen molar-refractivity contribution in [1.82, 2.24) is 0 Å². The number of thioether (sulfide) groups is 1. The molecule has 0 aliphatic rings. The Morgan fingerprint density at radius 2 is 1.50 bits per heavy atom. The summed E-state index contributed by atoms with van der Waals surface area (Å²) in [5, 5.41) is 2.45. The normalized spacial score (nSPS) is 11.5. The highest BCUT2D eigenvalue weighted by atomic mass is 32.2. The van der Waals surface area contributed by atoms with Crippen LogP contribution in [-0.2, 0) is 9.53 Å². The van der Waals surface area contributed by atoms with E-state index in [0.717, 1.165) is 10.5 Å². The second-order valence-electron chi connectivity index (χ2n) is 5.98. The van der Waals surface area contributed by atoms with Gasteiger partial charge in [-0.1, -0.05) is 60.7 Å². The molecule has 3 rings (SSSR count). The third kappa shape index (κ3) is 5.02. The van der Waals surface area contributed by atoms with Gasteiger partial charge in [0.2, 0.25) is 5.91 Å². The van der Waals surface area contributed by atoms with Gasteiger partial charge in [0.25, 0.3) is 0 Å². The van der Waals surface area contributed by atoms with E-state index in [1.165, 1.54) is 11.8 Å². The molecule has 142 valence electrons. The number of carbonyl (C=O) groups is 2. The van der Waals surface area contributed by atoms with Crippen molar-refractivity contribution < 1.29 is 14.3 Å². The molecule has 28 heavy (non-hydrogen) atoms.